The molecule has 1 heterocycles. The van der Waals surface area contributed by atoms with Gasteiger partial charge in [-0.25, -0.2) is 12.8 Å². The van der Waals surface area contributed by atoms with Crippen molar-refractivity contribution in [3.63, 3.8) is 0 Å². The van der Waals surface area contributed by atoms with Gasteiger partial charge in [0.15, 0.2) is 5.76 Å². The van der Waals surface area contributed by atoms with Gasteiger partial charge in [-0.3, -0.25) is 4.79 Å². The van der Waals surface area contributed by atoms with Crippen LogP contribution < -0.4 is 5.32 Å². The fourth-order valence-electron chi connectivity index (χ4n) is 2.18. The van der Waals surface area contributed by atoms with Gasteiger partial charge in [0.05, 0.1) is 0 Å². The van der Waals surface area contributed by atoms with E-state index in [9.17, 15) is 17.6 Å². The molecule has 1 aromatic heterocycles. The molecule has 0 atom stereocenters. The maximum atomic E-state index is 13.1. The zero-order valence-corrected chi connectivity index (χ0v) is 14.4. The minimum Gasteiger partial charge on any atom is -0.360 e. The van der Waals surface area contributed by atoms with Gasteiger partial charge in [-0.1, -0.05) is 11.2 Å². The fourth-order valence-corrected chi connectivity index (χ4v) is 3.63. The first-order valence-corrected chi connectivity index (χ1v) is 8.60. The summed E-state index contributed by atoms with van der Waals surface area (Å²) >= 11 is 0. The summed E-state index contributed by atoms with van der Waals surface area (Å²) in [5.41, 5.74) is 0.453. The quantitative estimate of drug-likeness (QED) is 0.847. The zero-order valence-electron chi connectivity index (χ0n) is 13.5. The Morgan fingerprint density at radius 1 is 1.38 bits per heavy atom. The van der Waals surface area contributed by atoms with Crippen molar-refractivity contribution in [2.24, 2.45) is 0 Å². The molecule has 9 heteroatoms. The van der Waals surface area contributed by atoms with Gasteiger partial charge in [0.1, 0.15) is 16.4 Å². The molecule has 0 aliphatic carbocycles. The molecular formula is C15H18FN3O4S. The van der Waals surface area contributed by atoms with E-state index in [0.29, 0.717) is 0 Å². The van der Waals surface area contributed by atoms with E-state index in [2.05, 4.69) is 10.5 Å². The van der Waals surface area contributed by atoms with Gasteiger partial charge in [0, 0.05) is 25.7 Å². The fraction of sp³-hybridized carbons (Fsp3) is 0.333. The van der Waals surface area contributed by atoms with E-state index in [-0.39, 0.29) is 35.0 Å². The normalized spacial score (nSPS) is 11.7. The number of nitrogens with one attached hydrogen (secondary N) is 1. The second-order valence-corrected chi connectivity index (χ2v) is 7.23. The molecule has 0 saturated heterocycles. The lowest BCUT2D eigenvalue weighted by molar-refractivity contribution is 0.0951. The maximum Gasteiger partial charge on any atom is 0.251 e. The Balaban J connectivity index is 1.98. The van der Waals surface area contributed by atoms with Crippen LogP contribution in [0.15, 0.2) is 33.7 Å². The largest absolute Gasteiger partial charge is 0.360 e. The SMILES string of the molecule is Cc1noc(C)c1S(=O)(=O)N(C)CCNC(=O)c1cccc(F)c1. The molecule has 130 valence electrons. The van der Waals surface area contributed by atoms with Crippen molar-refractivity contribution in [3.8, 4) is 0 Å². The Kier molecular flexibility index (Phi) is 5.35. The van der Waals surface area contributed by atoms with Gasteiger partial charge in [-0.15, -0.1) is 0 Å². The van der Waals surface area contributed by atoms with Crippen molar-refractivity contribution in [2.75, 3.05) is 20.1 Å². The smallest absolute Gasteiger partial charge is 0.251 e. The number of aryl methyl sites for hydroxylation is 2. The number of hydrogen-bond acceptors (Lipinski definition) is 5. The topological polar surface area (TPSA) is 92.5 Å². The minimum absolute atomic E-state index is 0.0291. The van der Waals surface area contributed by atoms with Crippen LogP contribution >= 0.6 is 0 Å². The summed E-state index contributed by atoms with van der Waals surface area (Å²) in [6.07, 6.45) is 0. The highest BCUT2D eigenvalue weighted by Crippen LogP contribution is 2.21. The summed E-state index contributed by atoms with van der Waals surface area (Å²) in [6.45, 7) is 3.19. The number of benzene rings is 1. The average Bonchev–Trinajstić information content (AvgIpc) is 2.86. The molecule has 0 bridgehead atoms. The molecule has 0 fully saturated rings. The number of hydrogen-bond donors (Lipinski definition) is 1. The van der Waals surface area contributed by atoms with Gasteiger partial charge in [0.2, 0.25) is 10.0 Å². The van der Waals surface area contributed by atoms with Crippen molar-refractivity contribution in [1.82, 2.24) is 14.8 Å². The first kappa shape index (κ1) is 18.1. The Labute approximate surface area is 139 Å². The molecule has 0 unspecified atom stereocenters. The van der Waals surface area contributed by atoms with Gasteiger partial charge in [0.25, 0.3) is 5.91 Å². The third-order valence-electron chi connectivity index (χ3n) is 3.44. The predicted octanol–water partition coefficient (Wildman–Crippen LogP) is 1.48. The van der Waals surface area contributed by atoms with Gasteiger partial charge in [-0.05, 0) is 32.0 Å². The molecule has 0 aliphatic heterocycles. The number of halogens is 1. The van der Waals surface area contributed by atoms with E-state index in [1.165, 1.54) is 32.2 Å². The molecule has 7 nitrogen and oxygen atoms in total. The Morgan fingerprint density at radius 2 is 2.08 bits per heavy atom. The van der Waals surface area contributed by atoms with Crippen LogP contribution in [0.3, 0.4) is 0 Å². The standard InChI is InChI=1S/C15H18FN3O4S/c1-10-14(11(2)23-18-10)24(21,22)19(3)8-7-17-15(20)12-5-4-6-13(16)9-12/h4-6,9H,7-8H2,1-3H3,(H,17,20). The van der Waals surface area contributed by atoms with Crippen LogP contribution in [0.2, 0.25) is 0 Å². The highest BCUT2D eigenvalue weighted by molar-refractivity contribution is 7.89. The van der Waals surface area contributed by atoms with Crippen molar-refractivity contribution < 1.29 is 22.1 Å². The number of aromatic nitrogens is 1. The van der Waals surface area contributed by atoms with Crippen molar-refractivity contribution in [2.45, 2.75) is 18.7 Å². The molecule has 2 aromatic rings. The summed E-state index contributed by atoms with van der Waals surface area (Å²) in [7, 11) is -2.36. The van der Waals surface area contributed by atoms with Gasteiger partial charge in [-0.2, -0.15) is 4.31 Å². The third kappa shape index (κ3) is 3.80. The molecule has 2 rings (SSSR count). The summed E-state index contributed by atoms with van der Waals surface area (Å²) < 4.78 is 44.0. The third-order valence-corrected chi connectivity index (χ3v) is 5.54. The van der Waals surface area contributed by atoms with E-state index >= 15 is 0 Å². The molecule has 0 aliphatic rings. The molecule has 24 heavy (non-hydrogen) atoms. The van der Waals surface area contributed by atoms with Crippen LogP contribution in [0, 0.1) is 19.7 Å². The molecule has 1 N–H and O–H groups in total. The number of sulfonamides is 1. The van der Waals surface area contributed by atoms with E-state index in [4.69, 9.17) is 4.52 Å². The summed E-state index contributed by atoms with van der Waals surface area (Å²) in [5, 5.41) is 6.19. The molecule has 0 spiro atoms. The van der Waals surface area contributed by atoms with Crippen molar-refractivity contribution in [1.29, 1.82) is 0 Å². The lowest BCUT2D eigenvalue weighted by atomic mass is 10.2. The number of rotatable bonds is 6. The van der Waals surface area contributed by atoms with Crippen LogP contribution in [-0.2, 0) is 10.0 Å². The molecule has 0 saturated carbocycles. The molecule has 1 aromatic carbocycles. The van der Waals surface area contributed by atoms with Crippen LogP contribution in [-0.4, -0.2) is 43.9 Å². The Morgan fingerprint density at radius 3 is 2.67 bits per heavy atom. The van der Waals surface area contributed by atoms with E-state index in [1.807, 2.05) is 0 Å². The summed E-state index contributed by atoms with van der Waals surface area (Å²) in [4.78, 5) is 11.9. The number of nitrogens with zero attached hydrogens (tertiary/aromatic N) is 2. The zero-order chi connectivity index (χ0) is 17.9. The molecular weight excluding hydrogens is 337 g/mol. The van der Waals surface area contributed by atoms with Crippen LogP contribution in [0.5, 0.6) is 0 Å². The van der Waals surface area contributed by atoms with E-state index in [0.717, 1.165) is 10.4 Å². The minimum atomic E-state index is -3.76. The van der Waals surface area contributed by atoms with Crippen LogP contribution in [0.1, 0.15) is 21.8 Å². The maximum absolute atomic E-state index is 13.1. The molecule has 0 radical (unpaired) electrons. The first-order chi connectivity index (χ1) is 11.2. The summed E-state index contributed by atoms with van der Waals surface area (Å²) in [5.74, 6) is -0.776. The average molecular weight is 355 g/mol. The first-order valence-electron chi connectivity index (χ1n) is 7.16. The Hall–Kier alpha value is -2.26. The monoisotopic (exact) mass is 355 g/mol. The molecule has 1 amide bonds. The number of carbonyl (C=O) groups is 1. The van der Waals surface area contributed by atoms with Crippen LogP contribution in [0.4, 0.5) is 4.39 Å². The van der Waals surface area contributed by atoms with Crippen LogP contribution in [0.25, 0.3) is 0 Å². The van der Waals surface area contributed by atoms with E-state index in [1.54, 1.807) is 6.92 Å². The second kappa shape index (κ2) is 7.10. The van der Waals surface area contributed by atoms with E-state index < -0.39 is 21.7 Å². The number of amides is 1. The lowest BCUT2D eigenvalue weighted by Gasteiger charge is -2.17. The number of carbonyl (C=O) groups excluding carboxylic acids is 1. The van der Waals surface area contributed by atoms with Gasteiger partial charge < -0.3 is 9.84 Å². The van der Waals surface area contributed by atoms with Gasteiger partial charge >= 0.3 is 0 Å². The number of likely N-dealkylation sites (N-methyl/N-ethyl adjacent to an activating group) is 1. The van der Waals surface area contributed by atoms with Crippen molar-refractivity contribution >= 4 is 15.9 Å². The Bertz CT molecular complexity index is 829. The second-order valence-electron chi connectivity index (χ2n) is 5.25. The summed E-state index contributed by atoms with van der Waals surface area (Å²) in [6, 6.07) is 5.25. The predicted molar refractivity (Wildman–Crippen MR) is 84.5 cm³/mol. The highest BCUT2D eigenvalue weighted by atomic mass is 32.2. The van der Waals surface area contributed by atoms with Crippen molar-refractivity contribution in [3.05, 3.63) is 47.1 Å². The lowest BCUT2D eigenvalue weighted by Crippen LogP contribution is -2.36. The highest BCUT2D eigenvalue weighted by Gasteiger charge is 2.28.